The Morgan fingerprint density at radius 3 is 2.30 bits per heavy atom. The molecule has 1 heterocycles. The molecule has 0 aromatic heterocycles. The summed E-state index contributed by atoms with van der Waals surface area (Å²) in [6.45, 7) is 1.32. The molecular formula is C26H30ClFN2O3. The predicted octanol–water partition coefficient (Wildman–Crippen LogP) is 4.85. The molecular weight excluding hydrogens is 443 g/mol. The Labute approximate surface area is 199 Å². The maximum atomic E-state index is 14.0. The standard InChI is InChI=1S/C26H30ClFN2O3/c27-20-6-10-22(11-7-20)33-18-25(16-23(29)31)12-3-15-30(17-25)24(32)26(13-1-2-14-26)19-4-8-21(28)9-5-19/h4-11H,1-3,12-18H2,(H2,29,31)/t25-/m1/s1. The molecule has 0 bridgehead atoms. The van der Waals surface area contributed by atoms with Crippen LogP contribution in [0, 0.1) is 11.2 Å². The lowest BCUT2D eigenvalue weighted by Crippen LogP contribution is -2.54. The second kappa shape index (κ2) is 9.72. The molecule has 2 amide bonds. The SMILES string of the molecule is NC(=O)C[C@]1(COc2ccc(Cl)cc2)CCCN(C(=O)C2(c3ccc(F)cc3)CCCC2)C1. The van der Waals surface area contributed by atoms with Crippen LogP contribution < -0.4 is 10.5 Å². The zero-order valence-electron chi connectivity index (χ0n) is 18.7. The molecule has 7 heteroatoms. The van der Waals surface area contributed by atoms with Gasteiger partial charge in [0.25, 0.3) is 0 Å². The molecule has 2 N–H and O–H groups in total. The molecule has 1 atom stereocenters. The van der Waals surface area contributed by atoms with Gasteiger partial charge in [0, 0.05) is 29.9 Å². The van der Waals surface area contributed by atoms with Crippen LogP contribution in [-0.4, -0.2) is 36.4 Å². The topological polar surface area (TPSA) is 72.6 Å². The van der Waals surface area contributed by atoms with Gasteiger partial charge in [0.1, 0.15) is 11.6 Å². The summed E-state index contributed by atoms with van der Waals surface area (Å²) in [6.07, 6.45) is 5.08. The Kier molecular flexibility index (Phi) is 6.94. The van der Waals surface area contributed by atoms with Gasteiger partial charge < -0.3 is 15.4 Å². The number of hydrogen-bond acceptors (Lipinski definition) is 3. The van der Waals surface area contributed by atoms with Crippen LogP contribution in [0.1, 0.15) is 50.5 Å². The fourth-order valence-electron chi connectivity index (χ4n) is 5.51. The van der Waals surface area contributed by atoms with E-state index < -0.39 is 16.7 Å². The first kappa shape index (κ1) is 23.6. The fourth-order valence-corrected chi connectivity index (χ4v) is 5.63. The van der Waals surface area contributed by atoms with Crippen molar-refractivity contribution in [2.75, 3.05) is 19.7 Å². The van der Waals surface area contributed by atoms with E-state index in [1.54, 1.807) is 36.4 Å². The number of amides is 2. The van der Waals surface area contributed by atoms with E-state index in [1.165, 1.54) is 12.1 Å². The Bertz CT molecular complexity index is 990. The quantitative estimate of drug-likeness (QED) is 0.625. The second-order valence-electron chi connectivity index (χ2n) is 9.51. The average Bonchev–Trinajstić information content (AvgIpc) is 3.29. The van der Waals surface area contributed by atoms with Gasteiger partial charge >= 0.3 is 0 Å². The van der Waals surface area contributed by atoms with Crippen molar-refractivity contribution in [2.45, 2.75) is 50.4 Å². The minimum Gasteiger partial charge on any atom is -0.493 e. The minimum absolute atomic E-state index is 0.0617. The lowest BCUT2D eigenvalue weighted by molar-refractivity contribution is -0.143. The van der Waals surface area contributed by atoms with Crippen molar-refractivity contribution < 1.29 is 18.7 Å². The number of ether oxygens (including phenoxy) is 1. The third-order valence-corrected chi connectivity index (χ3v) is 7.37. The fraction of sp³-hybridized carbons (Fsp3) is 0.462. The number of likely N-dealkylation sites (tertiary alicyclic amines) is 1. The third kappa shape index (κ3) is 5.16. The van der Waals surface area contributed by atoms with E-state index in [9.17, 15) is 14.0 Å². The van der Waals surface area contributed by atoms with Crippen LogP contribution >= 0.6 is 11.6 Å². The van der Waals surface area contributed by atoms with Gasteiger partial charge in [-0.25, -0.2) is 4.39 Å². The normalized spacial score (nSPS) is 22.2. The monoisotopic (exact) mass is 472 g/mol. The molecule has 1 aliphatic heterocycles. The number of carbonyl (C=O) groups is 2. The highest BCUT2D eigenvalue weighted by atomic mass is 35.5. The summed E-state index contributed by atoms with van der Waals surface area (Å²) in [5, 5.41) is 0.617. The number of nitrogens with two attached hydrogens (primary N) is 1. The predicted molar refractivity (Wildman–Crippen MR) is 126 cm³/mol. The molecule has 0 radical (unpaired) electrons. The van der Waals surface area contributed by atoms with E-state index in [-0.39, 0.29) is 24.8 Å². The highest BCUT2D eigenvalue weighted by Crippen LogP contribution is 2.44. The summed E-state index contributed by atoms with van der Waals surface area (Å²) in [5.41, 5.74) is 5.30. The summed E-state index contributed by atoms with van der Waals surface area (Å²) < 4.78 is 19.6. The molecule has 1 aliphatic carbocycles. The van der Waals surface area contributed by atoms with Crippen molar-refractivity contribution in [3.05, 3.63) is 64.9 Å². The molecule has 0 unspecified atom stereocenters. The van der Waals surface area contributed by atoms with Crippen LogP contribution in [0.5, 0.6) is 5.75 Å². The lowest BCUT2D eigenvalue weighted by Gasteiger charge is -2.45. The maximum absolute atomic E-state index is 14.0. The Morgan fingerprint density at radius 2 is 1.67 bits per heavy atom. The van der Waals surface area contributed by atoms with Gasteiger partial charge in [0.2, 0.25) is 11.8 Å². The third-order valence-electron chi connectivity index (χ3n) is 7.12. The Morgan fingerprint density at radius 1 is 1.00 bits per heavy atom. The van der Waals surface area contributed by atoms with Crippen LogP contribution in [0.2, 0.25) is 5.02 Å². The summed E-state index contributed by atoms with van der Waals surface area (Å²) in [7, 11) is 0. The number of nitrogens with zero attached hydrogens (tertiary/aromatic N) is 1. The molecule has 0 spiro atoms. The zero-order valence-corrected chi connectivity index (χ0v) is 19.5. The summed E-state index contributed by atoms with van der Waals surface area (Å²) in [6, 6.07) is 13.4. The highest BCUT2D eigenvalue weighted by molar-refractivity contribution is 6.30. The molecule has 2 aromatic rings. The second-order valence-corrected chi connectivity index (χ2v) is 9.95. The van der Waals surface area contributed by atoms with Crippen LogP contribution in [0.4, 0.5) is 4.39 Å². The molecule has 4 rings (SSSR count). The van der Waals surface area contributed by atoms with Gasteiger partial charge in [0.05, 0.1) is 12.0 Å². The van der Waals surface area contributed by atoms with E-state index in [0.717, 1.165) is 44.1 Å². The van der Waals surface area contributed by atoms with Gasteiger partial charge in [-0.05, 0) is 67.6 Å². The number of rotatable bonds is 7. The van der Waals surface area contributed by atoms with E-state index in [4.69, 9.17) is 22.1 Å². The highest BCUT2D eigenvalue weighted by Gasteiger charge is 2.48. The molecule has 33 heavy (non-hydrogen) atoms. The molecule has 1 saturated carbocycles. The summed E-state index contributed by atoms with van der Waals surface area (Å²) in [4.78, 5) is 27.8. The minimum atomic E-state index is -0.638. The number of hydrogen-bond donors (Lipinski definition) is 1. The van der Waals surface area contributed by atoms with Crippen molar-refractivity contribution >= 4 is 23.4 Å². The van der Waals surface area contributed by atoms with Crippen LogP contribution in [0.25, 0.3) is 0 Å². The molecule has 176 valence electrons. The van der Waals surface area contributed by atoms with Crippen LogP contribution in [-0.2, 0) is 15.0 Å². The average molecular weight is 473 g/mol. The molecule has 5 nitrogen and oxygen atoms in total. The van der Waals surface area contributed by atoms with Crippen molar-refractivity contribution in [3.63, 3.8) is 0 Å². The smallest absolute Gasteiger partial charge is 0.233 e. The largest absolute Gasteiger partial charge is 0.493 e. The Balaban J connectivity index is 1.56. The van der Waals surface area contributed by atoms with E-state index in [0.29, 0.717) is 23.9 Å². The first-order chi connectivity index (χ1) is 15.8. The number of piperidine rings is 1. The van der Waals surface area contributed by atoms with E-state index in [1.807, 2.05) is 4.90 Å². The van der Waals surface area contributed by atoms with Crippen molar-refractivity contribution in [1.29, 1.82) is 0 Å². The lowest BCUT2D eigenvalue weighted by atomic mass is 9.74. The maximum Gasteiger partial charge on any atom is 0.233 e. The summed E-state index contributed by atoms with van der Waals surface area (Å²) >= 11 is 5.96. The van der Waals surface area contributed by atoms with Gasteiger partial charge in [-0.1, -0.05) is 36.6 Å². The van der Waals surface area contributed by atoms with Crippen molar-refractivity contribution in [2.24, 2.45) is 11.1 Å². The first-order valence-electron chi connectivity index (χ1n) is 11.5. The first-order valence-corrected chi connectivity index (χ1v) is 11.9. The van der Waals surface area contributed by atoms with Gasteiger partial charge in [-0.15, -0.1) is 0 Å². The molecule has 2 fully saturated rings. The number of benzene rings is 2. The van der Waals surface area contributed by atoms with Gasteiger partial charge in [0.15, 0.2) is 0 Å². The molecule has 1 saturated heterocycles. The van der Waals surface area contributed by atoms with Gasteiger partial charge in [-0.2, -0.15) is 0 Å². The zero-order chi connectivity index (χ0) is 23.5. The molecule has 2 aromatic carbocycles. The van der Waals surface area contributed by atoms with Crippen molar-refractivity contribution in [3.8, 4) is 5.75 Å². The number of primary amides is 1. The van der Waals surface area contributed by atoms with Crippen LogP contribution in [0.15, 0.2) is 48.5 Å². The number of carbonyl (C=O) groups excluding carboxylic acids is 2. The van der Waals surface area contributed by atoms with Gasteiger partial charge in [-0.3, -0.25) is 9.59 Å². The number of halogens is 2. The van der Waals surface area contributed by atoms with E-state index >= 15 is 0 Å². The molecule has 2 aliphatic rings. The Hall–Kier alpha value is -2.60. The van der Waals surface area contributed by atoms with E-state index in [2.05, 4.69) is 0 Å². The van der Waals surface area contributed by atoms with Crippen LogP contribution in [0.3, 0.4) is 0 Å². The summed E-state index contributed by atoms with van der Waals surface area (Å²) in [5.74, 6) is 0.00665. The van der Waals surface area contributed by atoms with Crippen molar-refractivity contribution in [1.82, 2.24) is 4.90 Å².